The largest absolute Gasteiger partial charge is 0.467 e. The lowest BCUT2D eigenvalue weighted by Gasteiger charge is -2.21. The van der Waals surface area contributed by atoms with Crippen molar-refractivity contribution in [1.29, 1.82) is 0 Å². The first-order valence-electron chi connectivity index (χ1n) is 11.3. The van der Waals surface area contributed by atoms with Gasteiger partial charge in [0.2, 0.25) is 10.0 Å². The fraction of sp³-hybridized carbons (Fsp3) is 0.280. The van der Waals surface area contributed by atoms with Gasteiger partial charge in [0.25, 0.3) is 5.91 Å². The molecule has 0 bridgehead atoms. The van der Waals surface area contributed by atoms with Crippen LogP contribution in [-0.2, 0) is 16.6 Å². The highest BCUT2D eigenvalue weighted by Crippen LogP contribution is 2.34. The van der Waals surface area contributed by atoms with Gasteiger partial charge in [-0.2, -0.15) is 4.31 Å². The number of thiazole rings is 1. The van der Waals surface area contributed by atoms with Crippen LogP contribution in [0, 0.1) is 0 Å². The standard InChI is InChI=1S/C25H26ClN3O4S2/c1-3-14-28(15-4-2)35(31,32)20-12-10-18(11-13-20)24(30)29(17-19-7-6-16-33-19)25-27-23-21(26)8-5-9-22(23)34-25/h5-13,16H,3-4,14-15,17H2,1-2H3. The average molecular weight is 532 g/mol. The zero-order valence-electron chi connectivity index (χ0n) is 19.5. The predicted molar refractivity (Wildman–Crippen MR) is 140 cm³/mol. The van der Waals surface area contributed by atoms with Crippen LogP contribution in [0.1, 0.15) is 42.8 Å². The Morgan fingerprint density at radius 3 is 2.34 bits per heavy atom. The van der Waals surface area contributed by atoms with Gasteiger partial charge in [0, 0.05) is 18.7 Å². The highest BCUT2D eigenvalue weighted by atomic mass is 35.5. The van der Waals surface area contributed by atoms with E-state index in [0.29, 0.717) is 40.1 Å². The minimum Gasteiger partial charge on any atom is -0.467 e. The van der Waals surface area contributed by atoms with Gasteiger partial charge in [-0.15, -0.1) is 0 Å². The molecule has 2 heterocycles. The summed E-state index contributed by atoms with van der Waals surface area (Å²) in [6, 6.07) is 15.1. The Kier molecular flexibility index (Phi) is 7.91. The lowest BCUT2D eigenvalue weighted by Crippen LogP contribution is -2.33. The molecule has 35 heavy (non-hydrogen) atoms. The number of aromatic nitrogens is 1. The van der Waals surface area contributed by atoms with E-state index in [9.17, 15) is 13.2 Å². The molecule has 0 spiro atoms. The van der Waals surface area contributed by atoms with E-state index in [1.165, 1.54) is 32.7 Å². The van der Waals surface area contributed by atoms with Crippen molar-refractivity contribution in [3.05, 3.63) is 77.2 Å². The van der Waals surface area contributed by atoms with Crippen LogP contribution in [0.4, 0.5) is 5.13 Å². The number of furan rings is 1. The van der Waals surface area contributed by atoms with Crippen molar-refractivity contribution in [2.75, 3.05) is 18.0 Å². The summed E-state index contributed by atoms with van der Waals surface area (Å²) in [5, 5.41) is 0.983. The molecule has 2 aromatic heterocycles. The quantitative estimate of drug-likeness (QED) is 0.243. The first-order valence-corrected chi connectivity index (χ1v) is 14.0. The van der Waals surface area contributed by atoms with Crippen LogP contribution in [0.15, 0.2) is 70.2 Å². The van der Waals surface area contributed by atoms with E-state index in [1.807, 2.05) is 26.0 Å². The van der Waals surface area contributed by atoms with Crippen molar-refractivity contribution in [2.24, 2.45) is 0 Å². The van der Waals surface area contributed by atoms with Crippen LogP contribution >= 0.6 is 22.9 Å². The number of anilines is 1. The summed E-state index contributed by atoms with van der Waals surface area (Å²) in [7, 11) is -3.63. The van der Waals surface area contributed by atoms with Crippen molar-refractivity contribution in [2.45, 2.75) is 38.1 Å². The number of fused-ring (bicyclic) bond motifs is 1. The lowest BCUT2D eigenvalue weighted by molar-refractivity contribution is 0.0983. The molecule has 0 aliphatic heterocycles. The molecule has 2 aromatic carbocycles. The van der Waals surface area contributed by atoms with E-state index in [2.05, 4.69) is 4.98 Å². The second-order valence-electron chi connectivity index (χ2n) is 7.98. The van der Waals surface area contributed by atoms with E-state index in [0.717, 1.165) is 17.5 Å². The predicted octanol–water partition coefficient (Wildman–Crippen LogP) is 6.20. The van der Waals surface area contributed by atoms with Crippen molar-refractivity contribution >= 4 is 54.2 Å². The molecule has 1 amide bonds. The average Bonchev–Trinajstić information content (AvgIpc) is 3.52. The maximum Gasteiger partial charge on any atom is 0.260 e. The maximum absolute atomic E-state index is 13.6. The second-order valence-corrected chi connectivity index (χ2v) is 11.3. The number of carbonyl (C=O) groups excluding carboxylic acids is 1. The summed E-state index contributed by atoms with van der Waals surface area (Å²) < 4.78 is 34.0. The lowest BCUT2D eigenvalue weighted by atomic mass is 10.2. The third-order valence-corrected chi connectivity index (χ3v) is 8.68. The summed E-state index contributed by atoms with van der Waals surface area (Å²) in [5.74, 6) is 0.275. The smallest absolute Gasteiger partial charge is 0.260 e. The van der Waals surface area contributed by atoms with Gasteiger partial charge in [0.05, 0.1) is 27.4 Å². The fourth-order valence-electron chi connectivity index (χ4n) is 3.73. The summed E-state index contributed by atoms with van der Waals surface area (Å²) >= 11 is 7.66. The summed E-state index contributed by atoms with van der Waals surface area (Å²) in [4.78, 5) is 19.9. The van der Waals surface area contributed by atoms with Gasteiger partial charge < -0.3 is 4.42 Å². The monoisotopic (exact) mass is 531 g/mol. The molecule has 0 fully saturated rings. The summed E-state index contributed by atoms with van der Waals surface area (Å²) in [5.41, 5.74) is 0.971. The molecule has 0 atom stereocenters. The fourth-order valence-corrected chi connectivity index (χ4v) is 6.62. The van der Waals surface area contributed by atoms with E-state index in [4.69, 9.17) is 16.0 Å². The zero-order chi connectivity index (χ0) is 25.0. The number of amides is 1. The summed E-state index contributed by atoms with van der Waals surface area (Å²) in [6.07, 6.45) is 3.00. The van der Waals surface area contributed by atoms with E-state index < -0.39 is 10.0 Å². The van der Waals surface area contributed by atoms with Crippen LogP contribution in [0.25, 0.3) is 10.2 Å². The molecular weight excluding hydrogens is 506 g/mol. The minimum atomic E-state index is -3.63. The van der Waals surface area contributed by atoms with Gasteiger partial charge in [0.15, 0.2) is 5.13 Å². The maximum atomic E-state index is 13.6. The van der Waals surface area contributed by atoms with Gasteiger partial charge in [-0.05, 0) is 61.4 Å². The van der Waals surface area contributed by atoms with Gasteiger partial charge in [0.1, 0.15) is 11.3 Å². The van der Waals surface area contributed by atoms with Crippen molar-refractivity contribution in [3.63, 3.8) is 0 Å². The molecule has 0 radical (unpaired) electrons. The molecule has 0 aliphatic rings. The number of hydrogen-bond acceptors (Lipinski definition) is 6. The van der Waals surface area contributed by atoms with Gasteiger partial charge in [-0.1, -0.05) is 42.9 Å². The van der Waals surface area contributed by atoms with Crippen molar-refractivity contribution in [3.8, 4) is 0 Å². The highest BCUT2D eigenvalue weighted by Gasteiger charge is 2.26. The van der Waals surface area contributed by atoms with E-state index >= 15 is 0 Å². The molecule has 4 aromatic rings. The number of halogens is 1. The van der Waals surface area contributed by atoms with E-state index in [-0.39, 0.29) is 17.3 Å². The van der Waals surface area contributed by atoms with Gasteiger partial charge >= 0.3 is 0 Å². The third-order valence-electron chi connectivity index (χ3n) is 5.41. The second kappa shape index (κ2) is 10.9. The molecule has 4 rings (SSSR count). The first kappa shape index (κ1) is 25.4. The van der Waals surface area contributed by atoms with Crippen molar-refractivity contribution in [1.82, 2.24) is 9.29 Å². The Hall–Kier alpha value is -2.72. The topological polar surface area (TPSA) is 83.7 Å². The molecule has 184 valence electrons. The molecule has 0 unspecified atom stereocenters. The molecule has 0 saturated heterocycles. The van der Waals surface area contributed by atoms with Crippen LogP contribution in [0.5, 0.6) is 0 Å². The molecular formula is C25H26ClN3O4S2. The normalized spacial score (nSPS) is 11.9. The van der Waals surface area contributed by atoms with Crippen LogP contribution in [0.2, 0.25) is 5.02 Å². The summed E-state index contributed by atoms with van der Waals surface area (Å²) in [6.45, 7) is 4.97. The third kappa shape index (κ3) is 5.43. The molecule has 0 saturated carbocycles. The highest BCUT2D eigenvalue weighted by molar-refractivity contribution is 7.89. The van der Waals surface area contributed by atoms with Crippen LogP contribution in [0.3, 0.4) is 0 Å². The molecule has 10 heteroatoms. The Bertz CT molecular complexity index is 1390. The number of benzene rings is 2. The van der Waals surface area contributed by atoms with Gasteiger partial charge in [-0.3, -0.25) is 9.69 Å². The Morgan fingerprint density at radius 1 is 1.03 bits per heavy atom. The minimum absolute atomic E-state index is 0.167. The van der Waals surface area contributed by atoms with E-state index in [1.54, 1.807) is 36.6 Å². The number of hydrogen-bond donors (Lipinski definition) is 0. The zero-order valence-corrected chi connectivity index (χ0v) is 21.9. The first-order chi connectivity index (χ1) is 16.8. The number of nitrogens with zero attached hydrogens (tertiary/aromatic N) is 3. The number of rotatable bonds is 10. The Balaban J connectivity index is 1.67. The molecule has 7 nitrogen and oxygen atoms in total. The van der Waals surface area contributed by atoms with Crippen LogP contribution < -0.4 is 4.90 Å². The Morgan fingerprint density at radius 2 is 1.74 bits per heavy atom. The van der Waals surface area contributed by atoms with Crippen LogP contribution in [-0.4, -0.2) is 36.7 Å². The number of para-hydroxylation sites is 1. The van der Waals surface area contributed by atoms with Gasteiger partial charge in [-0.25, -0.2) is 13.4 Å². The number of carbonyl (C=O) groups is 1. The number of sulfonamides is 1. The van der Waals surface area contributed by atoms with Crippen molar-refractivity contribution < 1.29 is 17.6 Å². The Labute approximate surface area is 214 Å². The SMILES string of the molecule is CCCN(CCC)S(=O)(=O)c1ccc(C(=O)N(Cc2ccco2)c2nc3c(Cl)cccc3s2)cc1. The molecule has 0 aliphatic carbocycles. The molecule has 0 N–H and O–H groups in total.